The van der Waals surface area contributed by atoms with E-state index in [2.05, 4.69) is 10.0 Å². The van der Waals surface area contributed by atoms with Crippen LogP contribution in [0.25, 0.3) is 0 Å². The third-order valence-corrected chi connectivity index (χ3v) is 6.16. The van der Waals surface area contributed by atoms with Gasteiger partial charge in [-0.15, -0.1) is 0 Å². The Kier molecular flexibility index (Phi) is 6.43. The van der Waals surface area contributed by atoms with Gasteiger partial charge in [-0.25, -0.2) is 12.8 Å². The van der Waals surface area contributed by atoms with E-state index in [-0.39, 0.29) is 21.2 Å². The summed E-state index contributed by atoms with van der Waals surface area (Å²) in [4.78, 5) is 12.0. The van der Waals surface area contributed by atoms with E-state index >= 15 is 0 Å². The Morgan fingerprint density at radius 3 is 2.27 bits per heavy atom. The molecule has 0 fully saturated rings. The summed E-state index contributed by atoms with van der Waals surface area (Å²) in [6.07, 6.45) is 0. The van der Waals surface area contributed by atoms with E-state index in [1.165, 1.54) is 18.2 Å². The summed E-state index contributed by atoms with van der Waals surface area (Å²) in [6, 6.07) is 16.6. The molecule has 0 heterocycles. The van der Waals surface area contributed by atoms with Crippen LogP contribution >= 0.6 is 11.6 Å². The van der Waals surface area contributed by atoms with Crippen molar-refractivity contribution in [3.63, 3.8) is 0 Å². The predicted octanol–water partition coefficient (Wildman–Crippen LogP) is 5.66. The molecular weight excluding hydrogens is 427 g/mol. The molecule has 5 nitrogen and oxygen atoms in total. The molecule has 0 saturated carbocycles. The molecule has 0 radical (unpaired) electrons. The predicted molar refractivity (Wildman–Crippen MR) is 117 cm³/mol. The van der Waals surface area contributed by atoms with Crippen LogP contribution in [0.4, 0.5) is 15.8 Å². The molecule has 0 aliphatic rings. The molecule has 0 aliphatic carbocycles. The number of carbonyl (C=O) groups is 1. The van der Waals surface area contributed by atoms with Gasteiger partial charge in [0.25, 0.3) is 15.9 Å². The molecule has 8 heteroatoms. The standard InChI is InChI=1S/C22H20ClFN2O3S/c1-14(2)15-7-9-16(10-8-15)26-30(28,29)17-11-12-21(20(24)13-17)25-22(27)18-5-3-4-6-19(18)23/h3-14,26H,1-2H3,(H,25,27). The van der Waals surface area contributed by atoms with Gasteiger partial charge < -0.3 is 5.32 Å². The maximum absolute atomic E-state index is 14.5. The number of nitrogens with one attached hydrogen (secondary N) is 2. The number of sulfonamides is 1. The van der Waals surface area contributed by atoms with E-state index in [0.717, 1.165) is 11.6 Å². The Hall–Kier alpha value is -2.90. The van der Waals surface area contributed by atoms with Gasteiger partial charge >= 0.3 is 0 Å². The normalized spacial score (nSPS) is 11.4. The number of hydrogen-bond donors (Lipinski definition) is 2. The van der Waals surface area contributed by atoms with Crippen molar-refractivity contribution in [2.45, 2.75) is 24.7 Å². The highest BCUT2D eigenvalue weighted by Gasteiger charge is 2.18. The van der Waals surface area contributed by atoms with Crippen LogP contribution in [0.5, 0.6) is 0 Å². The van der Waals surface area contributed by atoms with Crippen molar-refractivity contribution >= 4 is 38.9 Å². The second-order valence-corrected chi connectivity index (χ2v) is 9.05. The number of halogens is 2. The van der Waals surface area contributed by atoms with E-state index in [9.17, 15) is 17.6 Å². The fourth-order valence-electron chi connectivity index (χ4n) is 2.75. The van der Waals surface area contributed by atoms with Crippen LogP contribution in [-0.2, 0) is 10.0 Å². The first-order valence-electron chi connectivity index (χ1n) is 9.15. The van der Waals surface area contributed by atoms with E-state index in [1.807, 2.05) is 26.0 Å². The average molecular weight is 447 g/mol. The molecular formula is C22H20ClFN2O3S. The Morgan fingerprint density at radius 2 is 1.67 bits per heavy atom. The highest BCUT2D eigenvalue weighted by Crippen LogP contribution is 2.24. The number of amides is 1. The summed E-state index contributed by atoms with van der Waals surface area (Å²) < 4.78 is 42.1. The zero-order valence-corrected chi connectivity index (χ0v) is 17.9. The van der Waals surface area contributed by atoms with Crippen LogP contribution in [0.15, 0.2) is 71.6 Å². The Labute approximate surface area is 179 Å². The molecule has 0 bridgehead atoms. The molecule has 0 unspecified atom stereocenters. The lowest BCUT2D eigenvalue weighted by molar-refractivity contribution is 0.102. The first kappa shape index (κ1) is 21.8. The van der Waals surface area contributed by atoms with Crippen LogP contribution in [0.3, 0.4) is 0 Å². The van der Waals surface area contributed by atoms with Crippen molar-refractivity contribution in [2.24, 2.45) is 0 Å². The van der Waals surface area contributed by atoms with Crippen molar-refractivity contribution in [2.75, 3.05) is 10.0 Å². The fourth-order valence-corrected chi connectivity index (χ4v) is 4.04. The maximum atomic E-state index is 14.5. The van der Waals surface area contributed by atoms with Crippen LogP contribution in [0, 0.1) is 5.82 Å². The lowest BCUT2D eigenvalue weighted by Crippen LogP contribution is -2.15. The van der Waals surface area contributed by atoms with Crippen LogP contribution in [0.2, 0.25) is 5.02 Å². The van der Waals surface area contributed by atoms with Crippen molar-refractivity contribution in [3.05, 3.63) is 88.7 Å². The molecule has 2 N–H and O–H groups in total. The third-order valence-electron chi connectivity index (χ3n) is 4.45. The van der Waals surface area contributed by atoms with Crippen molar-refractivity contribution in [1.29, 1.82) is 0 Å². The molecule has 30 heavy (non-hydrogen) atoms. The number of anilines is 2. The molecule has 0 saturated heterocycles. The number of benzene rings is 3. The van der Waals surface area contributed by atoms with Gasteiger partial charge in [-0.1, -0.05) is 49.7 Å². The van der Waals surface area contributed by atoms with Crippen LogP contribution < -0.4 is 10.0 Å². The average Bonchev–Trinajstić information content (AvgIpc) is 2.69. The highest BCUT2D eigenvalue weighted by molar-refractivity contribution is 7.92. The Balaban J connectivity index is 1.78. The molecule has 1 amide bonds. The first-order chi connectivity index (χ1) is 14.2. The van der Waals surface area contributed by atoms with Crippen molar-refractivity contribution in [3.8, 4) is 0 Å². The van der Waals surface area contributed by atoms with Gasteiger partial charge in [0.1, 0.15) is 5.82 Å². The SMILES string of the molecule is CC(C)c1ccc(NS(=O)(=O)c2ccc(NC(=O)c3ccccc3Cl)c(F)c2)cc1. The highest BCUT2D eigenvalue weighted by atomic mass is 35.5. The van der Waals surface area contributed by atoms with Crippen molar-refractivity contribution < 1.29 is 17.6 Å². The molecule has 0 atom stereocenters. The van der Waals surface area contributed by atoms with Gasteiger partial charge in [-0.3, -0.25) is 9.52 Å². The van der Waals surface area contributed by atoms with Gasteiger partial charge in [0.15, 0.2) is 0 Å². The first-order valence-corrected chi connectivity index (χ1v) is 11.0. The molecule has 0 spiro atoms. The number of hydrogen-bond acceptors (Lipinski definition) is 3. The van der Waals surface area contributed by atoms with Gasteiger partial charge in [0.05, 0.1) is 21.2 Å². The second kappa shape index (κ2) is 8.85. The lowest BCUT2D eigenvalue weighted by atomic mass is 10.0. The summed E-state index contributed by atoms with van der Waals surface area (Å²) in [5.74, 6) is -1.16. The van der Waals surface area contributed by atoms with Crippen LogP contribution in [0.1, 0.15) is 35.7 Å². The minimum Gasteiger partial charge on any atom is -0.319 e. The van der Waals surface area contributed by atoms with Gasteiger partial charge in [-0.05, 0) is 53.9 Å². The summed E-state index contributed by atoms with van der Waals surface area (Å²) in [5, 5.41) is 2.62. The molecule has 3 aromatic rings. The fraction of sp³-hybridized carbons (Fsp3) is 0.136. The summed E-state index contributed by atoms with van der Waals surface area (Å²) in [6.45, 7) is 4.07. The van der Waals surface area contributed by atoms with Gasteiger partial charge in [0.2, 0.25) is 0 Å². The van der Waals surface area contributed by atoms with Gasteiger partial charge in [-0.2, -0.15) is 0 Å². The molecule has 0 aromatic heterocycles. The van der Waals surface area contributed by atoms with Gasteiger partial charge in [0, 0.05) is 5.69 Å². The smallest absolute Gasteiger partial charge is 0.261 e. The van der Waals surface area contributed by atoms with E-state index in [4.69, 9.17) is 11.6 Å². The minimum absolute atomic E-state index is 0.153. The number of carbonyl (C=O) groups excluding carboxylic acids is 1. The topological polar surface area (TPSA) is 75.3 Å². The lowest BCUT2D eigenvalue weighted by Gasteiger charge is -2.12. The third kappa shape index (κ3) is 4.98. The monoisotopic (exact) mass is 446 g/mol. The Bertz CT molecular complexity index is 1180. The minimum atomic E-state index is -4.00. The Morgan fingerprint density at radius 1 is 1.00 bits per heavy atom. The molecule has 156 valence electrons. The molecule has 0 aliphatic heterocycles. The largest absolute Gasteiger partial charge is 0.319 e. The summed E-state index contributed by atoms with van der Waals surface area (Å²) in [7, 11) is -4.00. The quantitative estimate of drug-likeness (QED) is 0.513. The van der Waals surface area contributed by atoms with E-state index < -0.39 is 21.7 Å². The zero-order valence-electron chi connectivity index (χ0n) is 16.3. The molecule has 3 aromatic carbocycles. The van der Waals surface area contributed by atoms with E-state index in [0.29, 0.717) is 11.6 Å². The summed E-state index contributed by atoms with van der Waals surface area (Å²) >= 11 is 5.97. The molecule has 3 rings (SSSR count). The maximum Gasteiger partial charge on any atom is 0.261 e. The zero-order chi connectivity index (χ0) is 21.9. The van der Waals surface area contributed by atoms with Crippen LogP contribution in [-0.4, -0.2) is 14.3 Å². The second-order valence-electron chi connectivity index (χ2n) is 6.96. The number of rotatable bonds is 6. The van der Waals surface area contributed by atoms with E-state index in [1.54, 1.807) is 30.3 Å². The van der Waals surface area contributed by atoms with Crippen molar-refractivity contribution in [1.82, 2.24) is 0 Å². The summed E-state index contributed by atoms with van der Waals surface area (Å²) in [5.41, 5.74) is 1.47.